The lowest BCUT2D eigenvalue weighted by Crippen LogP contribution is -2.20. The minimum atomic E-state index is -0.268. The van der Waals surface area contributed by atoms with Crippen LogP contribution >= 0.6 is 0 Å². The van der Waals surface area contributed by atoms with E-state index in [-0.39, 0.29) is 6.29 Å². The van der Waals surface area contributed by atoms with Gasteiger partial charge in [-0.1, -0.05) is 134 Å². The van der Waals surface area contributed by atoms with Crippen molar-refractivity contribution in [2.75, 3.05) is 6.61 Å². The molecule has 0 unspecified atom stereocenters. The molecule has 0 amide bonds. The SMILES string of the molecule is CCCCCCCCCCCc1cccc(-c2ccccc2)c1-c1ncc(O[C@@H](CC)OCCCCC)cn1. The molecule has 0 aliphatic carbocycles. The summed E-state index contributed by atoms with van der Waals surface area (Å²) in [6, 6.07) is 17.2. The number of hydrogen-bond donors (Lipinski definition) is 0. The molecule has 3 aromatic rings. The third kappa shape index (κ3) is 10.8. The highest BCUT2D eigenvalue weighted by Gasteiger charge is 2.16. The van der Waals surface area contributed by atoms with Crippen LogP contribution in [0.4, 0.5) is 0 Å². The first-order valence-electron chi connectivity index (χ1n) is 15.5. The van der Waals surface area contributed by atoms with Crippen LogP contribution in [0, 0.1) is 0 Å². The van der Waals surface area contributed by atoms with Crippen LogP contribution in [0.5, 0.6) is 5.75 Å². The van der Waals surface area contributed by atoms with Crippen LogP contribution in [-0.2, 0) is 11.2 Å². The quantitative estimate of drug-likeness (QED) is 0.108. The lowest BCUT2D eigenvalue weighted by Gasteiger charge is -2.18. The summed E-state index contributed by atoms with van der Waals surface area (Å²) in [4.78, 5) is 9.59. The molecule has 212 valence electrons. The van der Waals surface area contributed by atoms with Crippen molar-refractivity contribution in [1.82, 2.24) is 9.97 Å². The summed E-state index contributed by atoms with van der Waals surface area (Å²) < 4.78 is 12.0. The minimum Gasteiger partial charge on any atom is -0.462 e. The first-order chi connectivity index (χ1) is 19.3. The van der Waals surface area contributed by atoms with Crippen molar-refractivity contribution < 1.29 is 9.47 Å². The van der Waals surface area contributed by atoms with Gasteiger partial charge in [-0.05, 0) is 36.0 Å². The van der Waals surface area contributed by atoms with Crippen molar-refractivity contribution in [2.45, 2.75) is 117 Å². The molecule has 0 fully saturated rings. The summed E-state index contributed by atoms with van der Waals surface area (Å²) in [5.74, 6) is 1.41. The van der Waals surface area contributed by atoms with E-state index in [0.29, 0.717) is 5.75 Å². The van der Waals surface area contributed by atoms with Gasteiger partial charge in [0.25, 0.3) is 0 Å². The molecule has 0 spiro atoms. The zero-order valence-electron chi connectivity index (χ0n) is 24.7. The lowest BCUT2D eigenvalue weighted by molar-refractivity contribution is -0.0828. The van der Waals surface area contributed by atoms with E-state index < -0.39 is 0 Å². The number of unbranched alkanes of at least 4 members (excludes halogenated alkanes) is 10. The Kier molecular flexibility index (Phi) is 14.7. The molecule has 0 N–H and O–H groups in total. The van der Waals surface area contributed by atoms with Crippen molar-refractivity contribution in [2.24, 2.45) is 0 Å². The highest BCUT2D eigenvalue weighted by atomic mass is 16.7. The van der Waals surface area contributed by atoms with Crippen LogP contribution < -0.4 is 4.74 Å². The third-order valence-electron chi connectivity index (χ3n) is 7.29. The smallest absolute Gasteiger partial charge is 0.199 e. The van der Waals surface area contributed by atoms with E-state index in [1.807, 2.05) is 0 Å². The molecular weight excluding hydrogens is 480 g/mol. The van der Waals surface area contributed by atoms with Gasteiger partial charge in [-0.3, -0.25) is 0 Å². The molecule has 2 aromatic carbocycles. The van der Waals surface area contributed by atoms with Crippen LogP contribution in [0.25, 0.3) is 22.5 Å². The van der Waals surface area contributed by atoms with Crippen molar-refractivity contribution in [3.05, 3.63) is 66.5 Å². The Labute approximate surface area is 237 Å². The molecular formula is C35H50N2O2. The maximum Gasteiger partial charge on any atom is 0.199 e. The molecule has 39 heavy (non-hydrogen) atoms. The molecule has 0 bridgehead atoms. The summed E-state index contributed by atoms with van der Waals surface area (Å²) in [6.07, 6.45) is 20.5. The van der Waals surface area contributed by atoms with Crippen LogP contribution in [0.1, 0.15) is 110 Å². The van der Waals surface area contributed by atoms with E-state index in [1.54, 1.807) is 12.4 Å². The number of ether oxygens (including phenoxy) is 2. The van der Waals surface area contributed by atoms with E-state index in [2.05, 4.69) is 69.3 Å². The number of aryl methyl sites for hydroxylation is 1. The number of nitrogens with zero attached hydrogens (tertiary/aromatic N) is 2. The van der Waals surface area contributed by atoms with Crippen molar-refractivity contribution in [1.29, 1.82) is 0 Å². The zero-order valence-corrected chi connectivity index (χ0v) is 24.7. The summed E-state index contributed by atoms with van der Waals surface area (Å²) in [7, 11) is 0. The lowest BCUT2D eigenvalue weighted by atomic mass is 9.92. The van der Waals surface area contributed by atoms with Gasteiger partial charge < -0.3 is 9.47 Å². The van der Waals surface area contributed by atoms with E-state index in [4.69, 9.17) is 19.4 Å². The molecule has 1 heterocycles. The minimum absolute atomic E-state index is 0.268. The highest BCUT2D eigenvalue weighted by Crippen LogP contribution is 2.34. The van der Waals surface area contributed by atoms with E-state index in [1.165, 1.54) is 87.3 Å². The number of rotatable bonds is 20. The monoisotopic (exact) mass is 530 g/mol. The third-order valence-corrected chi connectivity index (χ3v) is 7.29. The topological polar surface area (TPSA) is 44.2 Å². The second-order valence-electron chi connectivity index (χ2n) is 10.6. The molecule has 4 nitrogen and oxygen atoms in total. The van der Waals surface area contributed by atoms with Crippen LogP contribution in [0.3, 0.4) is 0 Å². The Balaban J connectivity index is 1.69. The van der Waals surface area contributed by atoms with Gasteiger partial charge >= 0.3 is 0 Å². The summed E-state index contributed by atoms with van der Waals surface area (Å²) in [5, 5.41) is 0. The second-order valence-corrected chi connectivity index (χ2v) is 10.6. The molecule has 0 aliphatic rings. The molecule has 0 radical (unpaired) electrons. The largest absolute Gasteiger partial charge is 0.462 e. The highest BCUT2D eigenvalue weighted by molar-refractivity contribution is 5.82. The molecule has 0 saturated carbocycles. The molecule has 4 heteroatoms. The van der Waals surface area contributed by atoms with Gasteiger partial charge in [-0.25, -0.2) is 9.97 Å². The Morgan fingerprint density at radius 3 is 1.97 bits per heavy atom. The van der Waals surface area contributed by atoms with Gasteiger partial charge in [-0.2, -0.15) is 0 Å². The van der Waals surface area contributed by atoms with Crippen LogP contribution in [0.2, 0.25) is 0 Å². The van der Waals surface area contributed by atoms with Gasteiger partial charge in [-0.15, -0.1) is 0 Å². The average molecular weight is 531 g/mol. The second kappa shape index (κ2) is 18.5. The molecule has 1 aromatic heterocycles. The van der Waals surface area contributed by atoms with Gasteiger partial charge in [0, 0.05) is 12.0 Å². The Bertz CT molecular complexity index is 1040. The van der Waals surface area contributed by atoms with Crippen molar-refractivity contribution >= 4 is 0 Å². The maximum atomic E-state index is 6.07. The predicted octanol–water partition coefficient (Wildman–Crippen LogP) is 10.2. The molecule has 1 atom stereocenters. The van der Waals surface area contributed by atoms with E-state index in [9.17, 15) is 0 Å². The molecule has 0 aliphatic heterocycles. The first kappa shape index (κ1) is 30.8. The fourth-order valence-corrected chi connectivity index (χ4v) is 5.02. The van der Waals surface area contributed by atoms with Gasteiger partial charge in [0.1, 0.15) is 0 Å². The standard InChI is InChI=1S/C35H50N2O2/c1-4-7-9-10-11-12-13-14-16-23-30-24-20-25-32(29-21-17-15-18-22-29)34(30)35-36-27-31(28-37-35)39-33(6-3)38-26-19-8-5-2/h15,17-18,20-22,24-25,27-28,33H,4-14,16,19,23,26H2,1-3H3/t33-/m0/s1. The van der Waals surface area contributed by atoms with E-state index in [0.717, 1.165) is 37.3 Å². The normalized spacial score (nSPS) is 12.0. The average Bonchev–Trinajstić information content (AvgIpc) is 2.98. The van der Waals surface area contributed by atoms with Gasteiger partial charge in [0.2, 0.25) is 0 Å². The maximum absolute atomic E-state index is 6.07. The molecule has 3 rings (SSSR count). The molecule has 0 saturated heterocycles. The fraction of sp³-hybridized carbons (Fsp3) is 0.543. The first-order valence-corrected chi connectivity index (χ1v) is 15.5. The Morgan fingerprint density at radius 2 is 1.31 bits per heavy atom. The van der Waals surface area contributed by atoms with E-state index >= 15 is 0 Å². The van der Waals surface area contributed by atoms with Gasteiger partial charge in [0.15, 0.2) is 17.9 Å². The predicted molar refractivity (Wildman–Crippen MR) is 164 cm³/mol. The Morgan fingerprint density at radius 1 is 0.667 bits per heavy atom. The number of aromatic nitrogens is 2. The summed E-state index contributed by atoms with van der Waals surface area (Å²) in [6.45, 7) is 7.28. The summed E-state index contributed by atoms with van der Waals surface area (Å²) >= 11 is 0. The van der Waals surface area contributed by atoms with Crippen LogP contribution in [0.15, 0.2) is 60.9 Å². The number of hydrogen-bond acceptors (Lipinski definition) is 4. The number of benzene rings is 2. The summed E-state index contributed by atoms with van der Waals surface area (Å²) in [5.41, 5.74) is 4.83. The van der Waals surface area contributed by atoms with Gasteiger partial charge in [0.05, 0.1) is 19.0 Å². The van der Waals surface area contributed by atoms with Crippen molar-refractivity contribution in [3.8, 4) is 28.3 Å². The fourth-order valence-electron chi connectivity index (χ4n) is 5.02. The van der Waals surface area contributed by atoms with Crippen molar-refractivity contribution in [3.63, 3.8) is 0 Å². The van der Waals surface area contributed by atoms with Crippen LogP contribution in [-0.4, -0.2) is 22.9 Å². The Hall–Kier alpha value is -2.72. The zero-order chi connectivity index (χ0) is 27.5.